The van der Waals surface area contributed by atoms with Gasteiger partial charge in [0.2, 0.25) is 0 Å². The molecule has 0 atom stereocenters. The number of ether oxygens (including phenoxy) is 1. The number of aromatic nitrogens is 2. The number of hydrogen-bond acceptors (Lipinski definition) is 3. The summed E-state index contributed by atoms with van der Waals surface area (Å²) in [5, 5.41) is 2.75. The average Bonchev–Trinajstić information content (AvgIpc) is 2.94. The van der Waals surface area contributed by atoms with Crippen molar-refractivity contribution < 1.29 is 9.53 Å². The molecule has 23 heavy (non-hydrogen) atoms. The molecule has 0 saturated carbocycles. The molecule has 0 aliphatic rings. The average molecular weight is 317 g/mol. The van der Waals surface area contributed by atoms with Gasteiger partial charge in [0, 0.05) is 6.54 Å². The maximum Gasteiger partial charge on any atom is 0.415 e. The third-order valence-corrected chi connectivity index (χ3v) is 3.83. The summed E-state index contributed by atoms with van der Waals surface area (Å²) in [5.41, 5.74) is 3.00. The Balaban J connectivity index is 1.86. The van der Waals surface area contributed by atoms with E-state index in [4.69, 9.17) is 4.74 Å². The molecule has 0 saturated heterocycles. The Hall–Kier alpha value is -2.04. The fraction of sp³-hybridized carbons (Fsp3) is 0.556. The highest BCUT2D eigenvalue weighted by molar-refractivity contribution is 5.78. The van der Waals surface area contributed by atoms with Gasteiger partial charge in [-0.25, -0.2) is 4.79 Å². The number of rotatable bonds is 9. The third-order valence-electron chi connectivity index (χ3n) is 3.83. The number of nitrogens with one attached hydrogen (secondary N) is 2. The van der Waals surface area contributed by atoms with Crippen LogP contribution in [0, 0.1) is 0 Å². The minimum atomic E-state index is -0.452. The Kier molecular flexibility index (Phi) is 6.91. The van der Waals surface area contributed by atoms with Gasteiger partial charge in [-0.05, 0) is 37.0 Å². The molecule has 5 nitrogen and oxygen atoms in total. The molecule has 1 amide bonds. The Morgan fingerprint density at radius 3 is 2.78 bits per heavy atom. The third kappa shape index (κ3) is 5.58. The van der Waals surface area contributed by atoms with E-state index in [2.05, 4.69) is 41.3 Å². The predicted molar refractivity (Wildman–Crippen MR) is 92.9 cm³/mol. The molecule has 0 fully saturated rings. The number of aromatic amines is 1. The minimum absolute atomic E-state index is 0.249. The van der Waals surface area contributed by atoms with Crippen LogP contribution in [-0.4, -0.2) is 22.6 Å². The Bertz CT molecular complexity index is 622. The molecule has 1 aromatic carbocycles. The van der Waals surface area contributed by atoms with E-state index in [1.807, 2.05) is 6.07 Å². The van der Waals surface area contributed by atoms with Crippen molar-refractivity contribution in [2.45, 2.75) is 58.8 Å². The van der Waals surface area contributed by atoms with Crippen molar-refractivity contribution in [3.63, 3.8) is 0 Å². The first kappa shape index (κ1) is 17.3. The number of fused-ring (bicyclic) bond motifs is 1. The number of aryl methyl sites for hydroxylation is 1. The molecule has 2 N–H and O–H groups in total. The van der Waals surface area contributed by atoms with E-state index in [0.717, 1.165) is 30.3 Å². The van der Waals surface area contributed by atoms with Crippen LogP contribution in [0.2, 0.25) is 0 Å². The van der Waals surface area contributed by atoms with Crippen molar-refractivity contribution in [3.8, 4) is 6.01 Å². The Morgan fingerprint density at radius 2 is 2.00 bits per heavy atom. The van der Waals surface area contributed by atoms with E-state index in [-0.39, 0.29) is 6.01 Å². The summed E-state index contributed by atoms with van der Waals surface area (Å²) in [7, 11) is 0. The fourth-order valence-electron chi connectivity index (χ4n) is 2.48. The van der Waals surface area contributed by atoms with E-state index in [0.29, 0.717) is 6.54 Å². The standard InChI is InChI=1S/C18H27N3O2/c1-3-5-7-8-12-19-18(22)23-17-20-15-11-10-14(9-6-4-2)13-16(15)21-17/h10-11,13H,3-9,12H2,1-2H3,(H,19,22)(H,20,21). The molecule has 2 aromatic rings. The molecular weight excluding hydrogens is 290 g/mol. The smallest absolute Gasteiger partial charge is 0.375 e. The minimum Gasteiger partial charge on any atom is -0.375 e. The maximum atomic E-state index is 11.7. The van der Waals surface area contributed by atoms with Crippen LogP contribution in [-0.2, 0) is 6.42 Å². The zero-order chi connectivity index (χ0) is 16.5. The quantitative estimate of drug-likeness (QED) is 0.665. The number of carbonyl (C=O) groups excluding carboxylic acids is 1. The van der Waals surface area contributed by atoms with Crippen molar-refractivity contribution in [3.05, 3.63) is 23.8 Å². The van der Waals surface area contributed by atoms with Gasteiger partial charge in [0.1, 0.15) is 0 Å². The summed E-state index contributed by atoms with van der Waals surface area (Å²) in [4.78, 5) is 19.1. The highest BCUT2D eigenvalue weighted by Gasteiger charge is 2.09. The van der Waals surface area contributed by atoms with Crippen molar-refractivity contribution in [2.24, 2.45) is 0 Å². The molecule has 0 unspecified atom stereocenters. The van der Waals surface area contributed by atoms with Gasteiger partial charge in [-0.15, -0.1) is 0 Å². The molecule has 5 heteroatoms. The lowest BCUT2D eigenvalue weighted by Gasteiger charge is -2.03. The van der Waals surface area contributed by atoms with Gasteiger partial charge in [0.25, 0.3) is 0 Å². The van der Waals surface area contributed by atoms with Crippen LogP contribution < -0.4 is 10.1 Å². The van der Waals surface area contributed by atoms with Crippen LogP contribution >= 0.6 is 0 Å². The molecule has 1 aromatic heterocycles. The van der Waals surface area contributed by atoms with Crippen molar-refractivity contribution >= 4 is 17.1 Å². The van der Waals surface area contributed by atoms with Gasteiger partial charge in [-0.1, -0.05) is 45.6 Å². The second-order valence-electron chi connectivity index (χ2n) is 5.87. The fourth-order valence-corrected chi connectivity index (χ4v) is 2.48. The summed E-state index contributed by atoms with van der Waals surface area (Å²) in [6.45, 7) is 4.98. The largest absolute Gasteiger partial charge is 0.415 e. The first-order valence-corrected chi connectivity index (χ1v) is 8.67. The van der Waals surface area contributed by atoms with Gasteiger partial charge in [0.15, 0.2) is 0 Å². The number of carbonyl (C=O) groups is 1. The maximum absolute atomic E-state index is 11.7. The molecular formula is C18H27N3O2. The highest BCUT2D eigenvalue weighted by atomic mass is 16.6. The summed E-state index contributed by atoms with van der Waals surface area (Å²) in [6.07, 6.45) is 7.43. The lowest BCUT2D eigenvalue weighted by Crippen LogP contribution is -2.28. The second-order valence-corrected chi connectivity index (χ2v) is 5.87. The molecule has 126 valence electrons. The van der Waals surface area contributed by atoms with Gasteiger partial charge < -0.3 is 15.0 Å². The number of amides is 1. The van der Waals surface area contributed by atoms with Crippen molar-refractivity contribution in [1.29, 1.82) is 0 Å². The zero-order valence-electron chi connectivity index (χ0n) is 14.2. The number of imidazole rings is 1. The summed E-state index contributed by atoms with van der Waals surface area (Å²) >= 11 is 0. The first-order valence-electron chi connectivity index (χ1n) is 8.67. The molecule has 0 spiro atoms. The Labute approximate surface area is 137 Å². The molecule has 2 rings (SSSR count). The van der Waals surface area contributed by atoms with E-state index < -0.39 is 6.09 Å². The summed E-state index contributed by atoms with van der Waals surface area (Å²) < 4.78 is 5.21. The molecule has 0 radical (unpaired) electrons. The van der Waals surface area contributed by atoms with Crippen molar-refractivity contribution in [1.82, 2.24) is 15.3 Å². The van der Waals surface area contributed by atoms with E-state index in [9.17, 15) is 4.79 Å². The monoisotopic (exact) mass is 317 g/mol. The first-order chi connectivity index (χ1) is 11.2. The topological polar surface area (TPSA) is 67.0 Å². The number of nitrogens with zero attached hydrogens (tertiary/aromatic N) is 1. The normalized spacial score (nSPS) is 10.9. The van der Waals surface area contributed by atoms with Crippen molar-refractivity contribution in [2.75, 3.05) is 6.54 Å². The number of benzene rings is 1. The van der Waals surface area contributed by atoms with Gasteiger partial charge in [-0.2, -0.15) is 4.98 Å². The van der Waals surface area contributed by atoms with Crippen LogP contribution in [0.5, 0.6) is 6.01 Å². The Morgan fingerprint density at radius 1 is 1.17 bits per heavy atom. The van der Waals surface area contributed by atoms with E-state index in [1.165, 1.54) is 31.2 Å². The predicted octanol–water partition coefficient (Wildman–Crippen LogP) is 4.57. The summed E-state index contributed by atoms with van der Waals surface area (Å²) in [6, 6.07) is 6.37. The van der Waals surface area contributed by atoms with E-state index >= 15 is 0 Å². The number of H-pyrrole nitrogens is 1. The van der Waals surface area contributed by atoms with Crippen LogP contribution in [0.25, 0.3) is 11.0 Å². The molecule has 0 bridgehead atoms. The van der Waals surface area contributed by atoms with Gasteiger partial charge in [-0.3, -0.25) is 0 Å². The van der Waals surface area contributed by atoms with Gasteiger partial charge >= 0.3 is 12.1 Å². The van der Waals surface area contributed by atoms with Crippen LogP contribution in [0.4, 0.5) is 4.79 Å². The highest BCUT2D eigenvalue weighted by Crippen LogP contribution is 2.18. The van der Waals surface area contributed by atoms with Crippen LogP contribution in [0.1, 0.15) is 57.9 Å². The lowest BCUT2D eigenvalue weighted by molar-refractivity contribution is 0.197. The molecule has 0 aliphatic carbocycles. The lowest BCUT2D eigenvalue weighted by atomic mass is 10.1. The molecule has 1 heterocycles. The zero-order valence-corrected chi connectivity index (χ0v) is 14.2. The molecule has 0 aliphatic heterocycles. The number of hydrogen-bond donors (Lipinski definition) is 2. The SMILES string of the molecule is CCCCCCNC(=O)Oc1nc2ccc(CCCC)cc2[nH]1. The summed E-state index contributed by atoms with van der Waals surface area (Å²) in [5.74, 6) is 0. The van der Waals surface area contributed by atoms with E-state index in [1.54, 1.807) is 0 Å². The number of unbranched alkanes of at least 4 members (excludes halogenated alkanes) is 4. The van der Waals surface area contributed by atoms with Gasteiger partial charge in [0.05, 0.1) is 11.0 Å². The van der Waals surface area contributed by atoms with Crippen LogP contribution in [0.3, 0.4) is 0 Å². The van der Waals surface area contributed by atoms with Crippen LogP contribution in [0.15, 0.2) is 18.2 Å². The second kappa shape index (κ2) is 9.18.